The predicted molar refractivity (Wildman–Crippen MR) is 109 cm³/mol. The van der Waals surface area contributed by atoms with Crippen LogP contribution in [0.5, 0.6) is 0 Å². The molecule has 0 amide bonds. The van der Waals surface area contributed by atoms with Crippen molar-refractivity contribution in [1.82, 2.24) is 9.78 Å². The van der Waals surface area contributed by atoms with Crippen LogP contribution in [0.4, 0.5) is 0 Å². The molecule has 0 bridgehead atoms. The van der Waals surface area contributed by atoms with E-state index in [1.165, 1.54) is 7.11 Å². The fraction of sp³-hybridized carbons (Fsp3) is 0.261. The van der Waals surface area contributed by atoms with Crippen molar-refractivity contribution in [2.45, 2.75) is 33.3 Å². The van der Waals surface area contributed by atoms with E-state index < -0.39 is 0 Å². The lowest BCUT2D eigenvalue weighted by atomic mass is 10.1. The molecule has 1 aromatic heterocycles. The third-order valence-corrected chi connectivity index (χ3v) is 4.81. The molecule has 2 aromatic carbocycles. The van der Waals surface area contributed by atoms with Gasteiger partial charge < -0.3 is 9.47 Å². The van der Waals surface area contributed by atoms with Crippen LogP contribution in [-0.4, -0.2) is 28.8 Å². The summed E-state index contributed by atoms with van der Waals surface area (Å²) in [7, 11) is 1.39. The molecule has 0 unspecified atom stereocenters. The Morgan fingerprint density at radius 1 is 1.00 bits per heavy atom. The number of benzene rings is 2. The summed E-state index contributed by atoms with van der Waals surface area (Å²) in [5.74, 6) is -0.609. The third-order valence-electron chi connectivity index (χ3n) is 4.81. The maximum Gasteiger partial charge on any atom is 0.338 e. The quantitative estimate of drug-likeness (QED) is 0.570. The molecule has 0 fully saturated rings. The molecule has 0 saturated heterocycles. The largest absolute Gasteiger partial charge is 0.469 e. The smallest absolute Gasteiger partial charge is 0.338 e. The Morgan fingerprint density at radius 3 is 2.34 bits per heavy atom. The highest BCUT2D eigenvalue weighted by Crippen LogP contribution is 2.20. The van der Waals surface area contributed by atoms with Gasteiger partial charge in [0.15, 0.2) is 0 Å². The molecule has 0 radical (unpaired) electrons. The van der Waals surface area contributed by atoms with Crippen molar-refractivity contribution < 1.29 is 19.1 Å². The average molecular weight is 392 g/mol. The molecule has 0 aliphatic rings. The topological polar surface area (TPSA) is 70.4 Å². The number of aryl methyl sites for hydroxylation is 1. The van der Waals surface area contributed by atoms with Gasteiger partial charge in [-0.15, -0.1) is 0 Å². The van der Waals surface area contributed by atoms with E-state index in [9.17, 15) is 9.59 Å². The normalized spacial score (nSPS) is 10.6. The first-order valence-corrected chi connectivity index (χ1v) is 9.43. The van der Waals surface area contributed by atoms with E-state index in [4.69, 9.17) is 9.47 Å². The van der Waals surface area contributed by atoms with Gasteiger partial charge >= 0.3 is 11.9 Å². The Kier molecular flexibility index (Phi) is 6.44. The third kappa shape index (κ3) is 4.90. The van der Waals surface area contributed by atoms with Crippen molar-refractivity contribution in [2.24, 2.45) is 0 Å². The van der Waals surface area contributed by atoms with Gasteiger partial charge in [0, 0.05) is 12.1 Å². The van der Waals surface area contributed by atoms with Crippen LogP contribution in [0.2, 0.25) is 0 Å². The summed E-state index contributed by atoms with van der Waals surface area (Å²) < 4.78 is 11.9. The fourth-order valence-corrected chi connectivity index (χ4v) is 3.16. The Balaban J connectivity index is 1.70. The molecule has 0 aliphatic heterocycles. The first-order valence-electron chi connectivity index (χ1n) is 9.43. The van der Waals surface area contributed by atoms with Crippen LogP contribution in [0.1, 0.15) is 39.3 Å². The second-order valence-corrected chi connectivity index (χ2v) is 6.75. The lowest BCUT2D eigenvalue weighted by Crippen LogP contribution is -2.06. The van der Waals surface area contributed by atoms with Crippen molar-refractivity contribution in [3.8, 4) is 5.69 Å². The van der Waals surface area contributed by atoms with Gasteiger partial charge in [-0.05, 0) is 55.7 Å². The van der Waals surface area contributed by atoms with Gasteiger partial charge in [0.2, 0.25) is 0 Å². The van der Waals surface area contributed by atoms with Crippen molar-refractivity contribution in [1.29, 1.82) is 0 Å². The molecular formula is C23H24N2O4. The summed E-state index contributed by atoms with van der Waals surface area (Å²) in [6, 6.07) is 16.7. The summed E-state index contributed by atoms with van der Waals surface area (Å²) in [5, 5.41) is 4.58. The summed E-state index contributed by atoms with van der Waals surface area (Å²) in [5.41, 5.74) is 5.14. The van der Waals surface area contributed by atoms with E-state index in [1.807, 2.05) is 61.0 Å². The second-order valence-electron chi connectivity index (χ2n) is 6.75. The number of hydrogen-bond acceptors (Lipinski definition) is 5. The van der Waals surface area contributed by atoms with Crippen LogP contribution in [0.25, 0.3) is 5.69 Å². The van der Waals surface area contributed by atoms with E-state index in [-0.39, 0.29) is 18.5 Å². The zero-order valence-corrected chi connectivity index (χ0v) is 16.8. The minimum atomic E-state index is -0.368. The summed E-state index contributed by atoms with van der Waals surface area (Å²) in [6.07, 6.45) is 0.893. The number of methoxy groups -OCH3 is 1. The molecule has 0 N–H and O–H groups in total. The average Bonchev–Trinajstić information content (AvgIpc) is 3.04. The number of aromatic nitrogens is 2. The Labute approximate surface area is 170 Å². The SMILES string of the molecule is COC(=O)CCc1c(C)nn(-c2ccc(C(=O)OCc3ccccc3)cc2)c1C. The van der Waals surface area contributed by atoms with Gasteiger partial charge in [-0.2, -0.15) is 5.10 Å². The lowest BCUT2D eigenvalue weighted by molar-refractivity contribution is -0.140. The number of carbonyl (C=O) groups excluding carboxylic acids is 2. The standard InChI is InChI=1S/C23H24N2O4/c1-16-21(13-14-22(26)28-3)17(2)25(24-16)20-11-9-19(10-12-20)23(27)29-15-18-7-5-4-6-8-18/h4-12H,13-15H2,1-3H3. The molecule has 29 heavy (non-hydrogen) atoms. The first-order chi connectivity index (χ1) is 14.0. The predicted octanol–water partition coefficient (Wildman–Crippen LogP) is 3.95. The van der Waals surface area contributed by atoms with Crippen LogP contribution in [0.3, 0.4) is 0 Å². The molecule has 150 valence electrons. The van der Waals surface area contributed by atoms with Gasteiger partial charge in [-0.1, -0.05) is 30.3 Å². The van der Waals surface area contributed by atoms with E-state index >= 15 is 0 Å². The maximum atomic E-state index is 12.3. The Morgan fingerprint density at radius 2 is 1.69 bits per heavy atom. The van der Waals surface area contributed by atoms with Crippen LogP contribution in [0, 0.1) is 13.8 Å². The summed E-state index contributed by atoms with van der Waals surface area (Å²) in [4.78, 5) is 23.7. The molecule has 0 spiro atoms. The molecule has 3 aromatic rings. The van der Waals surface area contributed by atoms with Crippen molar-refractivity contribution in [3.63, 3.8) is 0 Å². The molecule has 0 atom stereocenters. The minimum Gasteiger partial charge on any atom is -0.469 e. The summed E-state index contributed by atoms with van der Waals surface area (Å²) >= 11 is 0. The van der Waals surface area contributed by atoms with Crippen molar-refractivity contribution in [3.05, 3.63) is 82.7 Å². The molecule has 0 aliphatic carbocycles. The van der Waals surface area contributed by atoms with Gasteiger partial charge in [-0.3, -0.25) is 4.79 Å². The fourth-order valence-electron chi connectivity index (χ4n) is 3.16. The molecule has 6 heteroatoms. The minimum absolute atomic E-state index is 0.239. The maximum absolute atomic E-state index is 12.3. The van der Waals surface area contributed by atoms with Crippen LogP contribution < -0.4 is 0 Å². The lowest BCUT2D eigenvalue weighted by Gasteiger charge is -2.08. The van der Waals surface area contributed by atoms with Crippen LogP contribution in [-0.2, 0) is 27.3 Å². The molecular weight excluding hydrogens is 368 g/mol. The van der Waals surface area contributed by atoms with Crippen LogP contribution >= 0.6 is 0 Å². The molecule has 6 nitrogen and oxygen atoms in total. The van der Waals surface area contributed by atoms with Crippen molar-refractivity contribution in [2.75, 3.05) is 7.11 Å². The number of carbonyl (C=O) groups is 2. The van der Waals surface area contributed by atoms with Gasteiger partial charge in [0.1, 0.15) is 6.61 Å². The number of ether oxygens (including phenoxy) is 2. The number of nitrogens with zero attached hydrogens (tertiary/aromatic N) is 2. The van der Waals surface area contributed by atoms with E-state index in [2.05, 4.69) is 5.10 Å². The zero-order valence-electron chi connectivity index (χ0n) is 16.8. The summed E-state index contributed by atoms with van der Waals surface area (Å²) in [6.45, 7) is 4.13. The Bertz CT molecular complexity index is 992. The van der Waals surface area contributed by atoms with E-state index in [1.54, 1.807) is 12.1 Å². The van der Waals surface area contributed by atoms with E-state index in [0.717, 1.165) is 28.2 Å². The number of hydrogen-bond donors (Lipinski definition) is 0. The van der Waals surface area contributed by atoms with E-state index in [0.29, 0.717) is 18.4 Å². The Hall–Kier alpha value is -3.41. The monoisotopic (exact) mass is 392 g/mol. The highest BCUT2D eigenvalue weighted by Gasteiger charge is 2.15. The number of rotatable bonds is 7. The zero-order chi connectivity index (χ0) is 20.8. The number of esters is 2. The van der Waals surface area contributed by atoms with Gasteiger partial charge in [0.25, 0.3) is 0 Å². The van der Waals surface area contributed by atoms with Gasteiger partial charge in [0.05, 0.1) is 24.1 Å². The highest BCUT2D eigenvalue weighted by atomic mass is 16.5. The molecule has 1 heterocycles. The van der Waals surface area contributed by atoms with Crippen LogP contribution in [0.15, 0.2) is 54.6 Å². The molecule has 3 rings (SSSR count). The van der Waals surface area contributed by atoms with Crippen molar-refractivity contribution >= 4 is 11.9 Å². The molecule has 0 saturated carbocycles. The highest BCUT2D eigenvalue weighted by molar-refractivity contribution is 5.89. The second kappa shape index (κ2) is 9.19. The van der Waals surface area contributed by atoms with Gasteiger partial charge in [-0.25, -0.2) is 9.48 Å². The first kappa shape index (κ1) is 20.3.